The van der Waals surface area contributed by atoms with E-state index in [0.29, 0.717) is 6.61 Å². The zero-order valence-electron chi connectivity index (χ0n) is 11.4. The molecule has 0 bridgehead atoms. The molecule has 0 heterocycles. The molecule has 1 saturated carbocycles. The van der Waals surface area contributed by atoms with Crippen LogP contribution in [0.15, 0.2) is 0 Å². The predicted octanol–water partition coefficient (Wildman–Crippen LogP) is 0.964. The highest BCUT2D eigenvalue weighted by Gasteiger charge is 2.48. The topological polar surface area (TPSA) is 87.7 Å². The van der Waals surface area contributed by atoms with E-state index in [4.69, 9.17) is 4.74 Å². The summed E-state index contributed by atoms with van der Waals surface area (Å²) < 4.78 is 4.99. The molecule has 3 N–H and O–H groups in total. The highest BCUT2D eigenvalue weighted by molar-refractivity contribution is 5.86. The smallest absolute Gasteiger partial charge is 0.329 e. The second kappa shape index (κ2) is 5.14. The molecule has 0 aromatic rings. The summed E-state index contributed by atoms with van der Waals surface area (Å²) in [5.41, 5.74) is -1.73. The number of nitrogens with one attached hydrogen (secondary N) is 2. The van der Waals surface area contributed by atoms with E-state index in [0.717, 1.165) is 12.8 Å². The van der Waals surface area contributed by atoms with E-state index in [1.54, 1.807) is 14.0 Å². The third-order valence-corrected chi connectivity index (χ3v) is 3.17. The van der Waals surface area contributed by atoms with Gasteiger partial charge in [0.1, 0.15) is 5.54 Å². The number of hydrogen-bond donors (Lipinski definition) is 3. The fourth-order valence-corrected chi connectivity index (χ4v) is 1.96. The Hall–Kier alpha value is -1.30. The summed E-state index contributed by atoms with van der Waals surface area (Å²) >= 11 is 0. The van der Waals surface area contributed by atoms with Gasteiger partial charge in [-0.25, -0.2) is 9.59 Å². The third kappa shape index (κ3) is 3.60. The molecule has 6 nitrogen and oxygen atoms in total. The largest absolute Gasteiger partial charge is 0.480 e. The maximum atomic E-state index is 11.8. The van der Waals surface area contributed by atoms with Crippen LogP contribution in [0, 0.1) is 5.92 Å². The number of methoxy groups -OCH3 is 1. The van der Waals surface area contributed by atoms with Crippen molar-refractivity contribution < 1.29 is 19.4 Å². The summed E-state index contributed by atoms with van der Waals surface area (Å²) in [5, 5.41) is 14.5. The van der Waals surface area contributed by atoms with Gasteiger partial charge in [0.15, 0.2) is 0 Å². The van der Waals surface area contributed by atoms with Gasteiger partial charge in [0.2, 0.25) is 0 Å². The van der Waals surface area contributed by atoms with Gasteiger partial charge in [0.05, 0.1) is 12.1 Å². The van der Waals surface area contributed by atoms with Gasteiger partial charge in [-0.2, -0.15) is 0 Å². The Labute approximate surface area is 107 Å². The second-order valence-electron chi connectivity index (χ2n) is 5.68. The van der Waals surface area contributed by atoms with Crippen molar-refractivity contribution in [3.8, 4) is 0 Å². The van der Waals surface area contributed by atoms with Crippen LogP contribution >= 0.6 is 0 Å². The van der Waals surface area contributed by atoms with Crippen molar-refractivity contribution in [1.29, 1.82) is 0 Å². The van der Waals surface area contributed by atoms with Crippen molar-refractivity contribution in [2.75, 3.05) is 13.7 Å². The number of carboxylic acid groups (broad SMARTS) is 1. The number of aliphatic carboxylic acids is 1. The minimum absolute atomic E-state index is 0.0197. The summed E-state index contributed by atoms with van der Waals surface area (Å²) in [4.78, 5) is 23.1. The first-order chi connectivity index (χ1) is 8.21. The Morgan fingerprint density at radius 3 is 2.22 bits per heavy atom. The standard InChI is InChI=1S/C12H22N2O4/c1-11(2,7-18-4)13-10(17)14-12(3,9(15)16)8-5-6-8/h8H,5-7H2,1-4H3,(H,15,16)(H2,13,14,17). The lowest BCUT2D eigenvalue weighted by molar-refractivity contribution is -0.144. The van der Waals surface area contributed by atoms with Gasteiger partial charge in [-0.3, -0.25) is 0 Å². The number of hydrogen-bond acceptors (Lipinski definition) is 3. The molecule has 1 aliphatic rings. The Kier molecular flexibility index (Phi) is 4.21. The van der Waals surface area contributed by atoms with Crippen LogP contribution in [-0.2, 0) is 9.53 Å². The Morgan fingerprint density at radius 2 is 1.83 bits per heavy atom. The molecule has 0 saturated heterocycles. The van der Waals surface area contributed by atoms with Crippen molar-refractivity contribution in [3.05, 3.63) is 0 Å². The summed E-state index contributed by atoms with van der Waals surface area (Å²) in [7, 11) is 1.55. The second-order valence-corrected chi connectivity index (χ2v) is 5.68. The van der Waals surface area contributed by atoms with Crippen LogP contribution in [0.25, 0.3) is 0 Å². The molecular formula is C12H22N2O4. The lowest BCUT2D eigenvalue weighted by atomic mass is 9.96. The number of carbonyl (C=O) groups is 2. The fraction of sp³-hybridized carbons (Fsp3) is 0.833. The van der Waals surface area contributed by atoms with Gasteiger partial charge in [-0.15, -0.1) is 0 Å². The maximum absolute atomic E-state index is 11.8. The first-order valence-corrected chi connectivity index (χ1v) is 6.04. The highest BCUT2D eigenvalue weighted by Crippen LogP contribution is 2.39. The molecule has 0 aromatic heterocycles. The number of carboxylic acids is 1. The Morgan fingerprint density at radius 1 is 1.28 bits per heavy atom. The number of amides is 2. The summed E-state index contributed by atoms with van der Waals surface area (Å²) in [6.45, 7) is 5.53. The van der Waals surface area contributed by atoms with E-state index in [1.807, 2.05) is 13.8 Å². The number of urea groups is 1. The quantitative estimate of drug-likeness (QED) is 0.662. The van der Waals surface area contributed by atoms with Crippen molar-refractivity contribution in [3.63, 3.8) is 0 Å². The molecule has 0 spiro atoms. The summed E-state index contributed by atoms with van der Waals surface area (Å²) in [6, 6.07) is -0.478. The minimum atomic E-state index is -1.19. The van der Waals surface area contributed by atoms with Crippen LogP contribution in [0.4, 0.5) is 4.79 Å². The minimum Gasteiger partial charge on any atom is -0.480 e. The van der Waals surface area contributed by atoms with E-state index >= 15 is 0 Å². The Balaban J connectivity index is 2.60. The lowest BCUT2D eigenvalue weighted by Gasteiger charge is -2.30. The normalized spacial score (nSPS) is 18.9. The van der Waals surface area contributed by atoms with E-state index in [1.165, 1.54) is 0 Å². The Bertz CT molecular complexity index is 339. The third-order valence-electron chi connectivity index (χ3n) is 3.17. The van der Waals surface area contributed by atoms with Gasteiger partial charge < -0.3 is 20.5 Å². The van der Waals surface area contributed by atoms with E-state index in [-0.39, 0.29) is 5.92 Å². The molecule has 1 aliphatic carbocycles. The molecule has 0 aliphatic heterocycles. The molecule has 1 fully saturated rings. The van der Waals surface area contributed by atoms with Crippen molar-refractivity contribution in [2.45, 2.75) is 44.7 Å². The molecule has 0 radical (unpaired) electrons. The van der Waals surface area contributed by atoms with Gasteiger partial charge >= 0.3 is 12.0 Å². The predicted molar refractivity (Wildman–Crippen MR) is 66.4 cm³/mol. The molecule has 2 amide bonds. The van der Waals surface area contributed by atoms with Crippen LogP contribution in [-0.4, -0.2) is 41.9 Å². The van der Waals surface area contributed by atoms with Crippen molar-refractivity contribution >= 4 is 12.0 Å². The SMILES string of the molecule is COCC(C)(C)NC(=O)NC(C)(C(=O)O)C1CC1. The van der Waals surface area contributed by atoms with Gasteiger partial charge in [-0.1, -0.05) is 0 Å². The summed E-state index contributed by atoms with van der Waals surface area (Å²) in [5.74, 6) is -0.976. The zero-order chi connectivity index (χ0) is 14.0. The van der Waals surface area contributed by atoms with Crippen LogP contribution < -0.4 is 10.6 Å². The zero-order valence-corrected chi connectivity index (χ0v) is 11.4. The van der Waals surface area contributed by atoms with E-state index < -0.39 is 23.1 Å². The van der Waals surface area contributed by atoms with Crippen LogP contribution in [0.3, 0.4) is 0 Å². The van der Waals surface area contributed by atoms with Gasteiger partial charge in [0, 0.05) is 7.11 Å². The lowest BCUT2D eigenvalue weighted by Crippen LogP contribution is -2.60. The molecule has 104 valence electrons. The van der Waals surface area contributed by atoms with Crippen molar-refractivity contribution in [2.24, 2.45) is 5.92 Å². The molecule has 18 heavy (non-hydrogen) atoms. The van der Waals surface area contributed by atoms with Crippen LogP contribution in [0.5, 0.6) is 0 Å². The molecule has 0 aromatic carbocycles. The summed E-state index contributed by atoms with van der Waals surface area (Å²) in [6.07, 6.45) is 1.68. The average Bonchev–Trinajstić information content (AvgIpc) is 2.98. The monoisotopic (exact) mass is 258 g/mol. The van der Waals surface area contributed by atoms with Gasteiger partial charge in [0.25, 0.3) is 0 Å². The fourth-order valence-electron chi connectivity index (χ4n) is 1.96. The van der Waals surface area contributed by atoms with Crippen molar-refractivity contribution in [1.82, 2.24) is 10.6 Å². The average molecular weight is 258 g/mol. The highest BCUT2D eigenvalue weighted by atomic mass is 16.5. The first kappa shape index (κ1) is 14.8. The number of ether oxygens (including phenoxy) is 1. The molecular weight excluding hydrogens is 236 g/mol. The van der Waals surface area contributed by atoms with Crippen LogP contribution in [0.2, 0.25) is 0 Å². The molecule has 6 heteroatoms. The molecule has 1 unspecified atom stereocenters. The van der Waals surface area contributed by atoms with Gasteiger partial charge in [-0.05, 0) is 39.5 Å². The first-order valence-electron chi connectivity index (χ1n) is 6.04. The number of carbonyl (C=O) groups excluding carboxylic acids is 1. The van der Waals surface area contributed by atoms with E-state index in [9.17, 15) is 14.7 Å². The van der Waals surface area contributed by atoms with E-state index in [2.05, 4.69) is 10.6 Å². The number of rotatable bonds is 6. The molecule has 1 rings (SSSR count). The van der Waals surface area contributed by atoms with Crippen LogP contribution in [0.1, 0.15) is 33.6 Å². The maximum Gasteiger partial charge on any atom is 0.329 e. The molecule has 1 atom stereocenters.